The molecule has 0 radical (unpaired) electrons. The fraction of sp³-hybridized carbons (Fsp3) is 0.333. The Balaban J connectivity index is 2.53. The number of fused-ring (bicyclic) bond motifs is 1. The first-order valence-corrected chi connectivity index (χ1v) is 6.45. The zero-order valence-corrected chi connectivity index (χ0v) is 12.2. The average Bonchev–Trinajstić information content (AvgIpc) is 2.44. The molecule has 0 amide bonds. The predicted octanol–water partition coefficient (Wildman–Crippen LogP) is 3.50. The van der Waals surface area contributed by atoms with Gasteiger partial charge in [0, 0.05) is 17.1 Å². The van der Waals surface area contributed by atoms with Crippen molar-refractivity contribution in [3.05, 3.63) is 35.5 Å². The highest BCUT2D eigenvalue weighted by atomic mass is 19.4. The van der Waals surface area contributed by atoms with Crippen molar-refractivity contribution in [1.82, 2.24) is 4.98 Å². The zero-order valence-electron chi connectivity index (χ0n) is 12.2. The van der Waals surface area contributed by atoms with Crippen LogP contribution in [0.2, 0.25) is 0 Å². The van der Waals surface area contributed by atoms with E-state index in [1.807, 2.05) is 0 Å². The highest BCUT2D eigenvalue weighted by molar-refractivity contribution is 5.86. The molecule has 0 bridgehead atoms. The topological polar surface area (TPSA) is 48.4 Å². The lowest BCUT2D eigenvalue weighted by Crippen LogP contribution is -2.25. The third kappa shape index (κ3) is 3.29. The van der Waals surface area contributed by atoms with Crippen LogP contribution in [-0.4, -0.2) is 24.2 Å². The lowest BCUT2D eigenvalue weighted by Gasteiger charge is -2.16. The number of aromatic nitrogens is 1. The van der Waals surface area contributed by atoms with Crippen LogP contribution in [0, 0.1) is 6.92 Å². The molecule has 1 atom stereocenters. The summed E-state index contributed by atoms with van der Waals surface area (Å²) < 4.78 is 48.5. The van der Waals surface area contributed by atoms with Crippen molar-refractivity contribution in [2.45, 2.75) is 26.1 Å². The van der Waals surface area contributed by atoms with Crippen molar-refractivity contribution >= 4 is 16.9 Å². The van der Waals surface area contributed by atoms with Gasteiger partial charge in [-0.05, 0) is 32.0 Å². The van der Waals surface area contributed by atoms with Gasteiger partial charge in [0.15, 0.2) is 6.10 Å². The smallest absolute Gasteiger partial charge is 0.416 e. The maximum absolute atomic E-state index is 12.8. The Morgan fingerprint density at radius 3 is 2.55 bits per heavy atom. The van der Waals surface area contributed by atoms with Gasteiger partial charge in [0.1, 0.15) is 5.75 Å². The molecule has 0 N–H and O–H groups in total. The number of aryl methyl sites for hydroxylation is 1. The quantitative estimate of drug-likeness (QED) is 0.814. The molecule has 1 unspecified atom stereocenters. The van der Waals surface area contributed by atoms with Crippen molar-refractivity contribution in [3.63, 3.8) is 0 Å². The molecule has 1 aromatic carbocycles. The van der Waals surface area contributed by atoms with Gasteiger partial charge < -0.3 is 9.47 Å². The second-order valence-corrected chi connectivity index (χ2v) is 4.77. The molecule has 1 aromatic heterocycles. The number of ether oxygens (including phenoxy) is 2. The van der Waals surface area contributed by atoms with Crippen molar-refractivity contribution in [2.75, 3.05) is 7.11 Å². The van der Waals surface area contributed by atoms with Crippen LogP contribution in [0.25, 0.3) is 10.9 Å². The molecular formula is C15H14F3NO3. The first-order chi connectivity index (χ1) is 10.2. The minimum absolute atomic E-state index is 0.159. The van der Waals surface area contributed by atoms with Gasteiger partial charge in [-0.1, -0.05) is 0 Å². The van der Waals surface area contributed by atoms with Crippen LogP contribution < -0.4 is 4.74 Å². The first-order valence-electron chi connectivity index (χ1n) is 6.45. The number of methoxy groups -OCH3 is 1. The summed E-state index contributed by atoms with van der Waals surface area (Å²) in [5.74, 6) is -0.457. The molecule has 118 valence electrons. The molecule has 2 aromatic rings. The second kappa shape index (κ2) is 5.82. The van der Waals surface area contributed by atoms with Crippen LogP contribution in [-0.2, 0) is 15.7 Å². The number of hydrogen-bond acceptors (Lipinski definition) is 4. The summed E-state index contributed by atoms with van der Waals surface area (Å²) in [4.78, 5) is 15.6. The van der Waals surface area contributed by atoms with Crippen molar-refractivity contribution < 1.29 is 27.4 Å². The molecule has 0 aliphatic rings. The summed E-state index contributed by atoms with van der Waals surface area (Å²) in [5, 5.41) is 0.191. The van der Waals surface area contributed by atoms with E-state index < -0.39 is 23.8 Å². The van der Waals surface area contributed by atoms with Crippen LogP contribution in [0.5, 0.6) is 5.75 Å². The Kier molecular flexibility index (Phi) is 4.25. The number of alkyl halides is 3. The molecule has 0 aliphatic carbocycles. The van der Waals surface area contributed by atoms with E-state index in [9.17, 15) is 18.0 Å². The molecule has 0 saturated carbocycles. The highest BCUT2D eigenvalue weighted by Crippen LogP contribution is 2.34. The van der Waals surface area contributed by atoms with E-state index >= 15 is 0 Å². The third-order valence-electron chi connectivity index (χ3n) is 3.06. The van der Waals surface area contributed by atoms with Crippen molar-refractivity contribution in [3.8, 4) is 5.75 Å². The molecule has 0 spiro atoms. The summed E-state index contributed by atoms with van der Waals surface area (Å²) in [5.41, 5.74) is 0.126. The number of rotatable bonds is 3. The molecule has 22 heavy (non-hydrogen) atoms. The zero-order chi connectivity index (χ0) is 16.5. The molecule has 4 nitrogen and oxygen atoms in total. The van der Waals surface area contributed by atoms with Gasteiger partial charge in [0.05, 0.1) is 18.2 Å². The summed E-state index contributed by atoms with van der Waals surface area (Å²) in [6, 6.07) is 4.69. The Morgan fingerprint density at radius 2 is 1.95 bits per heavy atom. The minimum atomic E-state index is -4.47. The molecule has 1 heterocycles. The predicted molar refractivity (Wildman–Crippen MR) is 73.6 cm³/mol. The Hall–Kier alpha value is -2.31. The van der Waals surface area contributed by atoms with E-state index in [-0.39, 0.29) is 11.1 Å². The largest absolute Gasteiger partial charge is 0.478 e. The monoisotopic (exact) mass is 313 g/mol. The fourth-order valence-corrected chi connectivity index (χ4v) is 2.00. The number of nitrogens with zero attached hydrogens (tertiary/aromatic N) is 1. The van der Waals surface area contributed by atoms with Crippen LogP contribution in [0.3, 0.4) is 0 Å². The van der Waals surface area contributed by atoms with Gasteiger partial charge in [-0.25, -0.2) is 4.79 Å². The Labute approximate surface area is 124 Å². The third-order valence-corrected chi connectivity index (χ3v) is 3.06. The SMILES string of the molecule is COC(=O)C(C)Oc1cc(C)nc2ccc(C(F)(F)F)cc12. The van der Waals surface area contributed by atoms with Gasteiger partial charge in [-0.3, -0.25) is 4.98 Å². The average molecular weight is 313 g/mol. The van der Waals surface area contributed by atoms with Gasteiger partial charge in [-0.2, -0.15) is 13.2 Å². The van der Waals surface area contributed by atoms with Gasteiger partial charge in [0.25, 0.3) is 0 Å². The maximum atomic E-state index is 12.8. The number of hydrogen-bond donors (Lipinski definition) is 0. The van der Waals surface area contributed by atoms with E-state index in [1.54, 1.807) is 6.92 Å². The van der Waals surface area contributed by atoms with Gasteiger partial charge >= 0.3 is 12.1 Å². The second-order valence-electron chi connectivity index (χ2n) is 4.77. The van der Waals surface area contributed by atoms with E-state index in [0.717, 1.165) is 12.1 Å². The van der Waals surface area contributed by atoms with E-state index in [2.05, 4.69) is 9.72 Å². The van der Waals surface area contributed by atoms with E-state index in [4.69, 9.17) is 4.74 Å². The van der Waals surface area contributed by atoms with Gasteiger partial charge in [0.2, 0.25) is 0 Å². The number of carbonyl (C=O) groups excluding carboxylic acids is 1. The number of carbonyl (C=O) groups is 1. The lowest BCUT2D eigenvalue weighted by atomic mass is 10.1. The number of benzene rings is 1. The number of esters is 1. The van der Waals surface area contributed by atoms with Crippen LogP contribution in [0.1, 0.15) is 18.2 Å². The molecular weight excluding hydrogens is 299 g/mol. The van der Waals surface area contributed by atoms with Crippen LogP contribution in [0.4, 0.5) is 13.2 Å². The molecule has 0 fully saturated rings. The van der Waals surface area contributed by atoms with Crippen LogP contribution >= 0.6 is 0 Å². The fourth-order valence-electron chi connectivity index (χ4n) is 2.00. The normalized spacial score (nSPS) is 13.0. The molecule has 2 rings (SSSR count). The van der Waals surface area contributed by atoms with Gasteiger partial charge in [-0.15, -0.1) is 0 Å². The number of halogens is 3. The first kappa shape index (κ1) is 16.1. The van der Waals surface area contributed by atoms with Crippen molar-refractivity contribution in [1.29, 1.82) is 0 Å². The Morgan fingerprint density at radius 1 is 1.27 bits per heavy atom. The van der Waals surface area contributed by atoms with E-state index in [1.165, 1.54) is 26.2 Å². The summed E-state index contributed by atoms with van der Waals surface area (Å²) in [6.07, 6.45) is -5.41. The number of pyridine rings is 1. The highest BCUT2D eigenvalue weighted by Gasteiger charge is 2.31. The lowest BCUT2D eigenvalue weighted by molar-refractivity contribution is -0.147. The molecule has 0 aliphatic heterocycles. The standard InChI is InChI=1S/C15H14F3NO3/c1-8-6-13(22-9(2)14(20)21-3)11-7-10(15(16,17)18)4-5-12(11)19-8/h4-7,9H,1-3H3. The summed E-state index contributed by atoms with van der Waals surface area (Å²) >= 11 is 0. The summed E-state index contributed by atoms with van der Waals surface area (Å²) in [6.45, 7) is 3.15. The van der Waals surface area contributed by atoms with Crippen molar-refractivity contribution in [2.24, 2.45) is 0 Å². The maximum Gasteiger partial charge on any atom is 0.416 e. The summed E-state index contributed by atoms with van der Waals surface area (Å²) in [7, 11) is 1.21. The Bertz CT molecular complexity index is 713. The molecule has 0 saturated heterocycles. The van der Waals surface area contributed by atoms with E-state index in [0.29, 0.717) is 11.2 Å². The molecule has 7 heteroatoms. The van der Waals surface area contributed by atoms with Crippen LogP contribution in [0.15, 0.2) is 24.3 Å². The minimum Gasteiger partial charge on any atom is -0.478 e.